The second kappa shape index (κ2) is 5.14. The van der Waals surface area contributed by atoms with Crippen LogP contribution in [0.2, 0.25) is 0 Å². The smallest absolute Gasteiger partial charge is 0.254 e. The first-order valence-electron chi connectivity index (χ1n) is 9.02. The number of carbonyl (C=O) groups excluding carboxylic acids is 3. The fourth-order valence-electron chi connectivity index (χ4n) is 5.04. The van der Waals surface area contributed by atoms with Crippen molar-refractivity contribution in [3.63, 3.8) is 0 Å². The fraction of sp³-hybridized carbons (Fsp3) is 0.526. The standard InChI is InChI=1S/C19H20N2O4/c22-15-6-5-12-13(15)3-1-4-14(12)18(24)20-9-7-19-16(20)11-17(23)21(19)8-2-10-25-19/h1,3-4,16H,2,5-11H2/t16-,19+/m1/s1. The van der Waals surface area contributed by atoms with Crippen LogP contribution in [0.1, 0.15) is 52.0 Å². The van der Waals surface area contributed by atoms with Gasteiger partial charge in [0, 0.05) is 37.1 Å². The zero-order valence-electron chi connectivity index (χ0n) is 14.0. The first-order chi connectivity index (χ1) is 12.1. The largest absolute Gasteiger partial charge is 0.353 e. The predicted molar refractivity (Wildman–Crippen MR) is 88.2 cm³/mol. The molecule has 0 unspecified atom stereocenters. The van der Waals surface area contributed by atoms with Crippen LogP contribution in [0.5, 0.6) is 0 Å². The van der Waals surface area contributed by atoms with E-state index >= 15 is 0 Å². The Balaban J connectivity index is 1.50. The van der Waals surface area contributed by atoms with Crippen molar-refractivity contribution in [2.75, 3.05) is 19.7 Å². The average Bonchev–Trinajstić information content (AvgIpc) is 3.25. The number of rotatable bonds is 1. The Morgan fingerprint density at radius 3 is 2.96 bits per heavy atom. The monoisotopic (exact) mass is 340 g/mol. The minimum absolute atomic E-state index is 0.0720. The minimum Gasteiger partial charge on any atom is -0.353 e. The van der Waals surface area contributed by atoms with Crippen molar-refractivity contribution in [1.82, 2.24) is 9.80 Å². The summed E-state index contributed by atoms with van der Waals surface area (Å²) in [6.45, 7) is 1.94. The second-order valence-corrected chi connectivity index (χ2v) is 7.32. The molecule has 2 atom stereocenters. The van der Waals surface area contributed by atoms with Gasteiger partial charge < -0.3 is 14.5 Å². The van der Waals surface area contributed by atoms with E-state index in [1.54, 1.807) is 18.2 Å². The molecule has 6 heteroatoms. The molecule has 0 bridgehead atoms. The van der Waals surface area contributed by atoms with Crippen molar-refractivity contribution in [2.45, 2.75) is 43.9 Å². The number of amides is 2. The summed E-state index contributed by atoms with van der Waals surface area (Å²) >= 11 is 0. The van der Waals surface area contributed by atoms with Crippen LogP contribution in [0.4, 0.5) is 0 Å². The number of benzene rings is 1. The second-order valence-electron chi connectivity index (χ2n) is 7.32. The van der Waals surface area contributed by atoms with Crippen LogP contribution < -0.4 is 0 Å². The lowest BCUT2D eigenvalue weighted by Crippen LogP contribution is -2.56. The van der Waals surface area contributed by atoms with Crippen molar-refractivity contribution in [3.8, 4) is 0 Å². The molecule has 3 saturated heterocycles. The number of Topliss-reactive ketones (excluding diaryl/α,β-unsaturated/α-hetero) is 1. The molecule has 3 fully saturated rings. The summed E-state index contributed by atoms with van der Waals surface area (Å²) in [5.41, 5.74) is 1.53. The molecule has 1 aromatic rings. The summed E-state index contributed by atoms with van der Waals surface area (Å²) in [5.74, 6) is 0.119. The predicted octanol–water partition coefficient (Wildman–Crippen LogP) is 1.38. The molecule has 25 heavy (non-hydrogen) atoms. The molecule has 1 spiro atoms. The highest BCUT2D eigenvalue weighted by atomic mass is 16.5. The number of hydrogen-bond donors (Lipinski definition) is 0. The Morgan fingerprint density at radius 1 is 1.20 bits per heavy atom. The Morgan fingerprint density at radius 2 is 2.08 bits per heavy atom. The molecule has 3 heterocycles. The average molecular weight is 340 g/mol. The number of likely N-dealkylation sites (tertiary alicyclic amines) is 1. The van der Waals surface area contributed by atoms with Crippen LogP contribution in [-0.2, 0) is 16.0 Å². The van der Waals surface area contributed by atoms with Gasteiger partial charge in [0.05, 0.1) is 19.1 Å². The summed E-state index contributed by atoms with van der Waals surface area (Å²) in [6, 6.07) is 5.17. The zero-order valence-corrected chi connectivity index (χ0v) is 14.0. The molecule has 5 rings (SSSR count). The van der Waals surface area contributed by atoms with E-state index in [0.29, 0.717) is 56.5 Å². The minimum atomic E-state index is -0.626. The van der Waals surface area contributed by atoms with Crippen LogP contribution in [0.3, 0.4) is 0 Å². The van der Waals surface area contributed by atoms with E-state index in [9.17, 15) is 14.4 Å². The van der Waals surface area contributed by atoms with Gasteiger partial charge in [-0.2, -0.15) is 0 Å². The van der Waals surface area contributed by atoms with Crippen LogP contribution in [0.15, 0.2) is 18.2 Å². The Hall–Kier alpha value is -2.21. The number of nitrogens with zero attached hydrogens (tertiary/aromatic N) is 2. The molecule has 0 N–H and O–H groups in total. The molecule has 2 amide bonds. The highest BCUT2D eigenvalue weighted by molar-refractivity contribution is 6.06. The third-order valence-corrected chi connectivity index (χ3v) is 6.18. The van der Waals surface area contributed by atoms with Gasteiger partial charge in [0.25, 0.3) is 5.91 Å². The lowest BCUT2D eigenvalue weighted by Gasteiger charge is -2.42. The molecule has 3 aliphatic heterocycles. The molecule has 0 saturated carbocycles. The van der Waals surface area contributed by atoms with Gasteiger partial charge in [0.1, 0.15) is 0 Å². The van der Waals surface area contributed by atoms with Gasteiger partial charge in [-0.15, -0.1) is 0 Å². The van der Waals surface area contributed by atoms with Gasteiger partial charge in [0.15, 0.2) is 11.5 Å². The summed E-state index contributed by atoms with van der Waals surface area (Å²) in [7, 11) is 0. The van der Waals surface area contributed by atoms with E-state index in [-0.39, 0.29) is 23.6 Å². The van der Waals surface area contributed by atoms with Crippen LogP contribution in [-0.4, -0.2) is 58.9 Å². The van der Waals surface area contributed by atoms with Crippen LogP contribution in [0, 0.1) is 0 Å². The Kier molecular flexibility index (Phi) is 3.10. The molecule has 6 nitrogen and oxygen atoms in total. The summed E-state index contributed by atoms with van der Waals surface area (Å²) in [5, 5.41) is 0. The van der Waals surface area contributed by atoms with Gasteiger partial charge in [-0.3, -0.25) is 14.4 Å². The highest BCUT2D eigenvalue weighted by Crippen LogP contribution is 2.45. The molecule has 130 valence electrons. The molecular formula is C19H20N2O4. The molecule has 4 aliphatic rings. The van der Waals surface area contributed by atoms with E-state index in [2.05, 4.69) is 0 Å². The van der Waals surface area contributed by atoms with Crippen LogP contribution >= 0.6 is 0 Å². The number of carbonyl (C=O) groups is 3. The van der Waals surface area contributed by atoms with Crippen molar-refractivity contribution >= 4 is 17.6 Å². The molecular weight excluding hydrogens is 320 g/mol. The number of ether oxygens (including phenoxy) is 1. The lowest BCUT2D eigenvalue weighted by molar-refractivity contribution is -0.179. The third kappa shape index (κ3) is 1.91. The lowest BCUT2D eigenvalue weighted by atomic mass is 10.0. The highest BCUT2D eigenvalue weighted by Gasteiger charge is 2.61. The third-order valence-electron chi connectivity index (χ3n) is 6.18. The first kappa shape index (κ1) is 15.1. The van der Waals surface area contributed by atoms with Crippen molar-refractivity contribution in [3.05, 3.63) is 34.9 Å². The van der Waals surface area contributed by atoms with E-state index in [1.165, 1.54) is 0 Å². The van der Waals surface area contributed by atoms with Gasteiger partial charge in [-0.1, -0.05) is 12.1 Å². The maximum Gasteiger partial charge on any atom is 0.254 e. The number of ketones is 1. The number of hydrogen-bond acceptors (Lipinski definition) is 4. The maximum atomic E-state index is 13.3. The maximum absolute atomic E-state index is 13.3. The normalized spacial score (nSPS) is 30.5. The van der Waals surface area contributed by atoms with E-state index in [0.717, 1.165) is 12.0 Å². The Labute approximate surface area is 145 Å². The molecule has 0 radical (unpaired) electrons. The van der Waals surface area contributed by atoms with E-state index < -0.39 is 5.72 Å². The van der Waals surface area contributed by atoms with Crippen molar-refractivity contribution < 1.29 is 19.1 Å². The fourth-order valence-corrected chi connectivity index (χ4v) is 5.04. The van der Waals surface area contributed by atoms with Crippen LogP contribution in [0.25, 0.3) is 0 Å². The summed E-state index contributed by atoms with van der Waals surface area (Å²) in [4.78, 5) is 41.3. The van der Waals surface area contributed by atoms with Gasteiger partial charge >= 0.3 is 0 Å². The molecule has 1 aliphatic carbocycles. The van der Waals surface area contributed by atoms with Crippen molar-refractivity contribution in [2.24, 2.45) is 0 Å². The first-order valence-corrected chi connectivity index (χ1v) is 9.02. The number of fused-ring (bicyclic) bond motifs is 1. The summed E-state index contributed by atoms with van der Waals surface area (Å²) in [6.07, 6.45) is 2.95. The quantitative estimate of drug-likeness (QED) is 0.775. The zero-order chi connectivity index (χ0) is 17.2. The SMILES string of the molecule is O=C1CCc2c1cccc2C(=O)N1CC[C@@]23OCCCN2C(=O)C[C@@H]13. The van der Waals surface area contributed by atoms with Gasteiger partial charge in [0.2, 0.25) is 5.91 Å². The molecule has 1 aromatic carbocycles. The van der Waals surface area contributed by atoms with Gasteiger partial charge in [-0.05, 0) is 24.5 Å². The molecule has 0 aromatic heterocycles. The van der Waals surface area contributed by atoms with Crippen molar-refractivity contribution in [1.29, 1.82) is 0 Å². The van der Waals surface area contributed by atoms with Gasteiger partial charge in [-0.25, -0.2) is 0 Å². The van der Waals surface area contributed by atoms with E-state index in [1.807, 2.05) is 9.80 Å². The van der Waals surface area contributed by atoms with E-state index in [4.69, 9.17) is 4.74 Å². The topological polar surface area (TPSA) is 66.9 Å². The Bertz CT molecular complexity index is 805. The summed E-state index contributed by atoms with van der Waals surface area (Å²) < 4.78 is 6.07.